The quantitative estimate of drug-likeness (QED) is 0.838. The van der Waals surface area contributed by atoms with E-state index in [1.807, 2.05) is 11.0 Å². The number of nitrogens with one attached hydrogen (secondary N) is 1. The molecule has 8 heteroatoms. The number of likely N-dealkylation sites (tertiary alicyclic amines) is 1. The average molecular weight is 406 g/mol. The lowest BCUT2D eigenvalue weighted by Crippen LogP contribution is -2.40. The highest BCUT2D eigenvalue weighted by atomic mass is 32.2. The van der Waals surface area contributed by atoms with Crippen LogP contribution in [0.3, 0.4) is 0 Å². The summed E-state index contributed by atoms with van der Waals surface area (Å²) in [4.78, 5) is 14.9. The summed E-state index contributed by atoms with van der Waals surface area (Å²) in [5.74, 6) is 0.0475. The largest absolute Gasteiger partial charge is 0.381 e. The predicted molar refractivity (Wildman–Crippen MR) is 108 cm³/mol. The number of carbonyl (C=O) groups is 1. The number of carbonyl (C=O) groups excluding carboxylic acids is 1. The van der Waals surface area contributed by atoms with Crippen LogP contribution >= 0.6 is 0 Å². The maximum absolute atomic E-state index is 13.0. The van der Waals surface area contributed by atoms with Crippen molar-refractivity contribution in [1.29, 1.82) is 0 Å². The first kappa shape index (κ1) is 19.4. The zero-order valence-electron chi connectivity index (χ0n) is 16.4. The van der Waals surface area contributed by atoms with Gasteiger partial charge in [0.25, 0.3) is 5.91 Å². The Morgan fingerprint density at radius 1 is 1.29 bits per heavy atom. The molecule has 2 aliphatic heterocycles. The number of benzene rings is 1. The van der Waals surface area contributed by atoms with Crippen LogP contribution in [0.25, 0.3) is 10.9 Å². The number of piperidine rings is 1. The normalized spacial score (nSPS) is 18.4. The molecule has 7 nitrogen and oxygen atoms in total. The van der Waals surface area contributed by atoms with Crippen molar-refractivity contribution in [3.8, 4) is 0 Å². The van der Waals surface area contributed by atoms with Crippen molar-refractivity contribution in [2.45, 2.75) is 38.8 Å². The van der Waals surface area contributed by atoms with Gasteiger partial charge < -0.3 is 15.0 Å². The summed E-state index contributed by atoms with van der Waals surface area (Å²) in [5.41, 5.74) is 3.13. The van der Waals surface area contributed by atoms with E-state index in [0.717, 1.165) is 36.0 Å². The molecule has 0 atom stereocenters. The van der Waals surface area contributed by atoms with E-state index in [1.165, 1.54) is 3.97 Å². The minimum absolute atomic E-state index is 0.0000651. The van der Waals surface area contributed by atoms with Gasteiger partial charge in [0, 0.05) is 56.4 Å². The van der Waals surface area contributed by atoms with Gasteiger partial charge in [-0.1, -0.05) is 0 Å². The Morgan fingerprint density at radius 2 is 2.04 bits per heavy atom. The van der Waals surface area contributed by atoms with E-state index >= 15 is 0 Å². The van der Waals surface area contributed by atoms with Crippen LogP contribution in [0.4, 0.5) is 0 Å². The van der Waals surface area contributed by atoms with Gasteiger partial charge in [-0.15, -0.1) is 0 Å². The van der Waals surface area contributed by atoms with Crippen LogP contribution in [0.5, 0.6) is 0 Å². The maximum atomic E-state index is 13.0. The lowest BCUT2D eigenvalue weighted by Gasteiger charge is -2.31. The highest BCUT2D eigenvalue weighted by Crippen LogP contribution is 2.31. The van der Waals surface area contributed by atoms with Crippen molar-refractivity contribution < 1.29 is 17.9 Å². The Kier molecular flexibility index (Phi) is 5.20. The Hall–Kier alpha value is -1.90. The van der Waals surface area contributed by atoms with Gasteiger partial charge in [0.15, 0.2) is 0 Å². The predicted octanol–water partition coefficient (Wildman–Crippen LogP) is 1.74. The molecule has 0 spiro atoms. The fourth-order valence-corrected chi connectivity index (χ4v) is 5.56. The number of nitrogens with zero attached hydrogens (tertiary/aromatic N) is 2. The summed E-state index contributed by atoms with van der Waals surface area (Å²) in [6, 6.07) is 5.41. The Labute approximate surface area is 165 Å². The minimum atomic E-state index is -3.41. The maximum Gasteiger partial charge on any atom is 0.253 e. The monoisotopic (exact) mass is 405 g/mol. The second kappa shape index (κ2) is 7.50. The number of ether oxygens (including phenoxy) is 1. The zero-order valence-corrected chi connectivity index (χ0v) is 17.2. The second-order valence-electron chi connectivity index (χ2n) is 7.48. The molecule has 0 aliphatic carbocycles. The molecule has 1 aromatic carbocycles. The molecule has 4 rings (SSSR count). The van der Waals surface area contributed by atoms with E-state index in [4.69, 9.17) is 4.74 Å². The Morgan fingerprint density at radius 3 is 2.71 bits per heavy atom. The fraction of sp³-hybridized carbons (Fsp3) is 0.550. The van der Waals surface area contributed by atoms with Crippen molar-refractivity contribution >= 4 is 26.8 Å². The molecule has 1 N–H and O–H groups in total. The van der Waals surface area contributed by atoms with Crippen molar-refractivity contribution in [3.05, 3.63) is 35.0 Å². The van der Waals surface area contributed by atoms with Gasteiger partial charge in [-0.3, -0.25) is 4.79 Å². The first-order valence-corrected chi connectivity index (χ1v) is 11.5. The summed E-state index contributed by atoms with van der Waals surface area (Å²) < 4.78 is 32.3. The van der Waals surface area contributed by atoms with E-state index in [-0.39, 0.29) is 17.8 Å². The molecule has 1 fully saturated rings. The molecule has 3 heterocycles. The highest BCUT2D eigenvalue weighted by Gasteiger charge is 2.28. The van der Waals surface area contributed by atoms with Crippen molar-refractivity contribution in [2.24, 2.45) is 0 Å². The third kappa shape index (κ3) is 3.23. The van der Waals surface area contributed by atoms with Crippen LogP contribution in [-0.2, 0) is 27.7 Å². The van der Waals surface area contributed by atoms with Crippen LogP contribution in [-0.4, -0.2) is 61.8 Å². The molecule has 1 amide bonds. The lowest BCUT2D eigenvalue weighted by molar-refractivity contribution is 0.0351. The molecule has 0 saturated carbocycles. The minimum Gasteiger partial charge on any atom is -0.381 e. The van der Waals surface area contributed by atoms with E-state index < -0.39 is 10.0 Å². The SMILES string of the molecule is CCS(=O)(=O)n1c2c(c3cc(C(=O)N4CCC(OC)CC4)ccc31)CNCC2. The number of rotatable bonds is 4. The van der Waals surface area contributed by atoms with Crippen molar-refractivity contribution in [1.82, 2.24) is 14.2 Å². The van der Waals surface area contributed by atoms with Crippen molar-refractivity contribution in [2.75, 3.05) is 32.5 Å². The molecular weight excluding hydrogens is 378 g/mol. The third-order valence-electron chi connectivity index (χ3n) is 5.93. The molecule has 152 valence electrons. The molecule has 1 aromatic heterocycles. The number of fused-ring (bicyclic) bond motifs is 3. The van der Waals surface area contributed by atoms with Crippen LogP contribution < -0.4 is 5.32 Å². The molecule has 0 unspecified atom stereocenters. The van der Waals surface area contributed by atoms with Gasteiger partial charge in [-0.25, -0.2) is 12.4 Å². The topological polar surface area (TPSA) is 80.6 Å². The average Bonchev–Trinajstić information content (AvgIpc) is 3.07. The number of hydrogen-bond acceptors (Lipinski definition) is 5. The number of methoxy groups -OCH3 is 1. The molecular formula is C20H27N3O4S. The number of aromatic nitrogens is 1. The van der Waals surface area contributed by atoms with Gasteiger partial charge in [0.05, 0.1) is 17.4 Å². The highest BCUT2D eigenvalue weighted by molar-refractivity contribution is 7.90. The standard InChI is InChI=1S/C20H27N3O4S/c1-3-28(25,26)23-18-5-4-14(12-16(18)17-13-21-9-6-19(17)23)20(24)22-10-7-15(27-2)8-11-22/h4-5,12,15,21H,3,6-11,13H2,1-2H3. The van der Waals surface area contributed by atoms with E-state index in [2.05, 4.69) is 5.32 Å². The summed E-state index contributed by atoms with van der Waals surface area (Å²) in [5, 5.41) is 4.18. The molecule has 2 aromatic rings. The second-order valence-corrected chi connectivity index (χ2v) is 9.58. The van der Waals surface area contributed by atoms with Crippen LogP contribution in [0.1, 0.15) is 41.4 Å². The Balaban J connectivity index is 1.75. The Bertz CT molecular complexity index is 1000. The summed E-state index contributed by atoms with van der Waals surface area (Å²) >= 11 is 0. The first-order chi connectivity index (χ1) is 13.5. The fourth-order valence-electron chi connectivity index (χ4n) is 4.31. The van der Waals surface area contributed by atoms with Crippen LogP contribution in [0, 0.1) is 0 Å². The number of amides is 1. The van der Waals surface area contributed by atoms with Gasteiger partial charge in [-0.2, -0.15) is 0 Å². The van der Waals surface area contributed by atoms with Crippen LogP contribution in [0.15, 0.2) is 18.2 Å². The lowest BCUT2D eigenvalue weighted by atomic mass is 10.0. The molecule has 1 saturated heterocycles. The van der Waals surface area contributed by atoms with E-state index in [9.17, 15) is 13.2 Å². The van der Waals surface area contributed by atoms with E-state index in [1.54, 1.807) is 26.2 Å². The zero-order chi connectivity index (χ0) is 19.9. The van der Waals surface area contributed by atoms with Crippen molar-refractivity contribution in [3.63, 3.8) is 0 Å². The third-order valence-corrected chi connectivity index (χ3v) is 7.63. The molecule has 0 radical (unpaired) electrons. The van der Waals surface area contributed by atoms with E-state index in [0.29, 0.717) is 37.1 Å². The van der Waals surface area contributed by atoms with Gasteiger partial charge in [0.2, 0.25) is 10.0 Å². The number of hydrogen-bond donors (Lipinski definition) is 1. The first-order valence-electron chi connectivity index (χ1n) is 9.88. The van der Waals surface area contributed by atoms with Crippen LogP contribution in [0.2, 0.25) is 0 Å². The van der Waals surface area contributed by atoms with Gasteiger partial charge in [-0.05, 0) is 43.5 Å². The summed E-state index contributed by atoms with van der Waals surface area (Å²) in [6.07, 6.45) is 2.57. The molecule has 0 bridgehead atoms. The van der Waals surface area contributed by atoms with Gasteiger partial charge >= 0.3 is 0 Å². The molecule has 2 aliphatic rings. The molecule has 28 heavy (non-hydrogen) atoms. The summed E-state index contributed by atoms with van der Waals surface area (Å²) in [6.45, 7) is 4.40. The van der Waals surface area contributed by atoms with Gasteiger partial charge in [0.1, 0.15) is 0 Å². The summed E-state index contributed by atoms with van der Waals surface area (Å²) in [7, 11) is -1.70. The smallest absolute Gasteiger partial charge is 0.253 e.